The molecule has 0 aliphatic rings. The molecule has 0 fully saturated rings. The van der Waals surface area contributed by atoms with E-state index in [1.54, 1.807) is 18.2 Å². The van der Waals surface area contributed by atoms with Gasteiger partial charge in [-0.25, -0.2) is 4.79 Å². The molecule has 19 heavy (non-hydrogen) atoms. The molecule has 0 saturated heterocycles. The van der Waals surface area contributed by atoms with E-state index in [1.807, 2.05) is 13.8 Å². The van der Waals surface area contributed by atoms with Crippen LogP contribution in [-0.4, -0.2) is 17.4 Å². The van der Waals surface area contributed by atoms with E-state index in [-0.39, 0.29) is 11.3 Å². The van der Waals surface area contributed by atoms with Crippen molar-refractivity contribution in [3.8, 4) is 0 Å². The molecule has 1 aromatic heterocycles. The number of aromatic amines is 1. The van der Waals surface area contributed by atoms with Crippen molar-refractivity contribution in [1.82, 2.24) is 4.98 Å². The average molecular weight is 263 g/mol. The van der Waals surface area contributed by atoms with Crippen molar-refractivity contribution in [2.45, 2.75) is 20.3 Å². The van der Waals surface area contributed by atoms with Gasteiger partial charge < -0.3 is 15.5 Å². The van der Waals surface area contributed by atoms with E-state index in [9.17, 15) is 9.59 Å². The van der Waals surface area contributed by atoms with Crippen molar-refractivity contribution >= 4 is 22.7 Å². The lowest BCUT2D eigenvalue weighted by Gasteiger charge is -2.21. The Hall–Kier alpha value is -2.08. The van der Waals surface area contributed by atoms with Gasteiger partial charge in [-0.05, 0) is 24.1 Å². The molecule has 1 heterocycles. The maximum Gasteiger partial charge on any atom is 0.417 e. The van der Waals surface area contributed by atoms with Gasteiger partial charge in [0.15, 0.2) is 5.58 Å². The Bertz CT molecular complexity index is 654. The number of amides is 1. The molecule has 6 nitrogen and oxygen atoms in total. The highest BCUT2D eigenvalue weighted by molar-refractivity contribution is 5.93. The molecular formula is C13H17N3O3. The summed E-state index contributed by atoms with van der Waals surface area (Å²) in [7, 11) is 0. The fourth-order valence-electron chi connectivity index (χ4n) is 1.74. The summed E-state index contributed by atoms with van der Waals surface area (Å²) >= 11 is 0. The van der Waals surface area contributed by atoms with Gasteiger partial charge in [-0.15, -0.1) is 0 Å². The second-order valence-corrected chi connectivity index (χ2v) is 5.32. The fourth-order valence-corrected chi connectivity index (χ4v) is 1.74. The van der Waals surface area contributed by atoms with Crippen molar-refractivity contribution in [3.05, 3.63) is 28.7 Å². The van der Waals surface area contributed by atoms with Crippen molar-refractivity contribution in [3.63, 3.8) is 0 Å². The summed E-state index contributed by atoms with van der Waals surface area (Å²) in [6.07, 6.45) is 0.332. The topological polar surface area (TPSA) is 101 Å². The molecule has 6 heteroatoms. The minimum absolute atomic E-state index is 0.118. The van der Waals surface area contributed by atoms with Gasteiger partial charge in [-0.1, -0.05) is 13.8 Å². The molecule has 0 unspecified atom stereocenters. The highest BCUT2D eigenvalue weighted by atomic mass is 16.4. The third-order valence-electron chi connectivity index (χ3n) is 2.90. The average Bonchev–Trinajstić information content (AvgIpc) is 2.67. The standard InChI is InChI=1S/C13H17N3O3/c1-13(2,7-14)6-11(17)15-8-3-4-9-10(5-8)19-12(18)16-9/h3-5H,6-7,14H2,1-2H3,(H,15,17)(H,16,18). The normalized spacial score (nSPS) is 11.7. The van der Waals surface area contributed by atoms with Gasteiger partial charge in [0.1, 0.15) is 0 Å². The van der Waals surface area contributed by atoms with Crippen LogP contribution in [0.1, 0.15) is 20.3 Å². The van der Waals surface area contributed by atoms with Crippen LogP contribution in [0, 0.1) is 5.41 Å². The smallest absolute Gasteiger partial charge is 0.408 e. The number of rotatable bonds is 4. The molecule has 2 rings (SSSR count). The van der Waals surface area contributed by atoms with E-state index in [2.05, 4.69) is 10.3 Å². The van der Waals surface area contributed by atoms with Crippen LogP contribution in [0.15, 0.2) is 27.4 Å². The zero-order chi connectivity index (χ0) is 14.0. The lowest BCUT2D eigenvalue weighted by molar-refractivity contribution is -0.117. The summed E-state index contributed by atoms with van der Waals surface area (Å²) < 4.78 is 4.93. The predicted molar refractivity (Wildman–Crippen MR) is 72.9 cm³/mol. The summed E-state index contributed by atoms with van der Waals surface area (Å²) in [4.78, 5) is 25.4. The third-order valence-corrected chi connectivity index (χ3v) is 2.90. The molecule has 2 aromatic rings. The van der Waals surface area contributed by atoms with E-state index in [0.717, 1.165) is 0 Å². The monoisotopic (exact) mass is 263 g/mol. The number of hydrogen-bond donors (Lipinski definition) is 3. The number of benzene rings is 1. The number of hydrogen-bond acceptors (Lipinski definition) is 4. The molecule has 0 atom stereocenters. The van der Waals surface area contributed by atoms with Gasteiger partial charge in [0.25, 0.3) is 0 Å². The van der Waals surface area contributed by atoms with Gasteiger partial charge in [-0.3, -0.25) is 9.78 Å². The number of carbonyl (C=O) groups is 1. The van der Waals surface area contributed by atoms with Crippen LogP contribution in [0.5, 0.6) is 0 Å². The lowest BCUT2D eigenvalue weighted by atomic mass is 9.89. The van der Waals surface area contributed by atoms with Gasteiger partial charge in [-0.2, -0.15) is 0 Å². The van der Waals surface area contributed by atoms with E-state index in [1.165, 1.54) is 0 Å². The Balaban J connectivity index is 2.12. The first-order valence-corrected chi connectivity index (χ1v) is 6.02. The number of fused-ring (bicyclic) bond motifs is 1. The van der Waals surface area contributed by atoms with E-state index >= 15 is 0 Å². The van der Waals surface area contributed by atoms with E-state index in [0.29, 0.717) is 29.8 Å². The van der Waals surface area contributed by atoms with Crippen LogP contribution >= 0.6 is 0 Å². The maximum absolute atomic E-state index is 11.9. The highest BCUT2D eigenvalue weighted by Gasteiger charge is 2.20. The molecule has 0 aliphatic heterocycles. The quantitative estimate of drug-likeness (QED) is 0.776. The summed E-state index contributed by atoms with van der Waals surface area (Å²) in [6.45, 7) is 4.30. The second kappa shape index (κ2) is 4.89. The molecule has 1 aromatic carbocycles. The molecule has 102 valence electrons. The molecule has 0 saturated carbocycles. The lowest BCUT2D eigenvalue weighted by Crippen LogP contribution is -2.29. The van der Waals surface area contributed by atoms with Crippen LogP contribution in [0.2, 0.25) is 0 Å². The van der Waals surface area contributed by atoms with E-state index < -0.39 is 5.76 Å². The number of aromatic nitrogens is 1. The summed E-state index contributed by atoms with van der Waals surface area (Å²) in [6, 6.07) is 5.01. The van der Waals surface area contributed by atoms with Gasteiger partial charge in [0.2, 0.25) is 5.91 Å². The minimum atomic E-state index is -0.511. The Morgan fingerprint density at radius 3 is 2.89 bits per heavy atom. The molecule has 0 aliphatic carbocycles. The SMILES string of the molecule is CC(C)(CN)CC(=O)Nc1ccc2[nH]c(=O)oc2c1. The number of H-pyrrole nitrogens is 1. The maximum atomic E-state index is 11.9. The zero-order valence-electron chi connectivity index (χ0n) is 10.9. The Labute approximate surface area is 110 Å². The molecule has 0 radical (unpaired) electrons. The summed E-state index contributed by atoms with van der Waals surface area (Å²) in [5.41, 5.74) is 6.96. The first-order chi connectivity index (χ1) is 8.89. The number of anilines is 1. The Kier molecular flexibility index (Phi) is 3.44. The first kappa shape index (κ1) is 13.4. The summed E-state index contributed by atoms with van der Waals surface area (Å²) in [5, 5.41) is 2.76. The van der Waals surface area contributed by atoms with Crippen molar-refractivity contribution in [2.24, 2.45) is 11.1 Å². The Morgan fingerprint density at radius 1 is 1.47 bits per heavy atom. The number of carbonyl (C=O) groups excluding carboxylic acids is 1. The first-order valence-electron chi connectivity index (χ1n) is 6.02. The fraction of sp³-hybridized carbons (Fsp3) is 0.385. The van der Waals surface area contributed by atoms with E-state index in [4.69, 9.17) is 10.2 Å². The number of nitrogens with two attached hydrogens (primary N) is 1. The number of oxazole rings is 1. The van der Waals surface area contributed by atoms with Crippen molar-refractivity contribution in [1.29, 1.82) is 0 Å². The highest BCUT2D eigenvalue weighted by Crippen LogP contribution is 2.21. The largest absolute Gasteiger partial charge is 0.417 e. The predicted octanol–water partition coefficient (Wildman–Crippen LogP) is 1.43. The molecular weight excluding hydrogens is 246 g/mol. The van der Waals surface area contributed by atoms with Crippen molar-refractivity contribution < 1.29 is 9.21 Å². The zero-order valence-corrected chi connectivity index (χ0v) is 10.9. The van der Waals surface area contributed by atoms with Crippen LogP contribution in [0.25, 0.3) is 11.1 Å². The second-order valence-electron chi connectivity index (χ2n) is 5.32. The van der Waals surface area contributed by atoms with Gasteiger partial charge in [0.05, 0.1) is 5.52 Å². The molecule has 1 amide bonds. The minimum Gasteiger partial charge on any atom is -0.408 e. The Morgan fingerprint density at radius 2 is 2.21 bits per heavy atom. The van der Waals surface area contributed by atoms with Crippen LogP contribution in [0.4, 0.5) is 5.69 Å². The molecule has 4 N–H and O–H groups in total. The van der Waals surface area contributed by atoms with Crippen LogP contribution in [0.3, 0.4) is 0 Å². The van der Waals surface area contributed by atoms with Gasteiger partial charge >= 0.3 is 5.76 Å². The van der Waals surface area contributed by atoms with Crippen LogP contribution < -0.4 is 16.8 Å². The third kappa shape index (κ3) is 3.23. The number of nitrogens with one attached hydrogen (secondary N) is 2. The molecule has 0 spiro atoms. The summed E-state index contributed by atoms with van der Waals surface area (Å²) in [5.74, 6) is -0.629. The van der Waals surface area contributed by atoms with Crippen LogP contribution in [-0.2, 0) is 4.79 Å². The van der Waals surface area contributed by atoms with Crippen molar-refractivity contribution in [2.75, 3.05) is 11.9 Å². The van der Waals surface area contributed by atoms with Gasteiger partial charge in [0, 0.05) is 18.2 Å². The molecule has 0 bridgehead atoms.